The molecule has 0 unspecified atom stereocenters. The van der Waals surface area contributed by atoms with Gasteiger partial charge in [-0.25, -0.2) is 0 Å². The first-order valence-corrected chi connectivity index (χ1v) is 11.0. The molecule has 0 aliphatic carbocycles. The minimum atomic E-state index is -0.0882. The second-order valence-electron chi connectivity index (χ2n) is 8.08. The van der Waals surface area contributed by atoms with E-state index in [1.807, 2.05) is 54.6 Å². The fraction of sp³-hybridized carbons (Fsp3) is 0.333. The lowest BCUT2D eigenvalue weighted by Gasteiger charge is -2.25. The van der Waals surface area contributed by atoms with Crippen LogP contribution in [0.15, 0.2) is 91.0 Å². The molecule has 0 aromatic heterocycles. The van der Waals surface area contributed by atoms with Crippen LogP contribution in [-0.2, 0) is 34.0 Å². The average molecular weight is 418 g/mol. The van der Waals surface area contributed by atoms with Gasteiger partial charge in [-0.05, 0) is 23.6 Å². The van der Waals surface area contributed by atoms with Gasteiger partial charge in [0.2, 0.25) is 0 Å². The van der Waals surface area contributed by atoms with E-state index in [-0.39, 0.29) is 24.3 Å². The third-order valence-electron chi connectivity index (χ3n) is 5.67. The maximum Gasteiger partial charge on any atom is 0.103 e. The summed E-state index contributed by atoms with van der Waals surface area (Å²) >= 11 is 0. The first-order chi connectivity index (χ1) is 15.3. The monoisotopic (exact) mass is 417 g/mol. The Balaban J connectivity index is 1.39. The smallest absolute Gasteiger partial charge is 0.103 e. The van der Waals surface area contributed by atoms with Gasteiger partial charge in [0.15, 0.2) is 0 Å². The lowest BCUT2D eigenvalue weighted by molar-refractivity contribution is -0.0846. The van der Waals surface area contributed by atoms with E-state index >= 15 is 0 Å². The maximum absolute atomic E-state index is 6.41. The Morgan fingerprint density at radius 2 is 1.06 bits per heavy atom. The minimum absolute atomic E-state index is 0.0470. The van der Waals surface area contributed by atoms with Crippen LogP contribution in [0.25, 0.3) is 0 Å². The van der Waals surface area contributed by atoms with Crippen LogP contribution in [0, 0.1) is 0 Å². The number of nitrogens with one attached hydrogen (secondary N) is 1. The lowest BCUT2D eigenvalue weighted by Crippen LogP contribution is -2.39. The van der Waals surface area contributed by atoms with Crippen LogP contribution in [0.5, 0.6) is 0 Å². The molecule has 0 radical (unpaired) electrons. The normalized spacial score (nSPS) is 23.1. The largest absolute Gasteiger partial charge is 0.375 e. The van der Waals surface area contributed by atoms with Crippen molar-refractivity contribution in [3.8, 4) is 0 Å². The van der Waals surface area contributed by atoms with E-state index in [1.165, 1.54) is 11.1 Å². The van der Waals surface area contributed by atoms with E-state index in [2.05, 4.69) is 48.6 Å². The Labute approximate surface area is 185 Å². The van der Waals surface area contributed by atoms with Gasteiger partial charge in [-0.3, -0.25) is 0 Å². The molecule has 4 atom stereocenters. The summed E-state index contributed by atoms with van der Waals surface area (Å²) < 4.78 is 18.8. The summed E-state index contributed by atoms with van der Waals surface area (Å²) in [5.74, 6) is 0. The van der Waals surface area contributed by atoms with Crippen LogP contribution >= 0.6 is 0 Å². The molecule has 4 nitrogen and oxygen atoms in total. The maximum atomic E-state index is 6.41. The lowest BCUT2D eigenvalue weighted by atomic mass is 10.1. The zero-order valence-electron chi connectivity index (χ0n) is 18.0. The Bertz CT molecular complexity index is 888. The molecule has 0 saturated carbocycles. The summed E-state index contributed by atoms with van der Waals surface area (Å²) in [7, 11) is 0. The fourth-order valence-electron chi connectivity index (χ4n) is 4.05. The van der Waals surface area contributed by atoms with Crippen molar-refractivity contribution >= 4 is 0 Å². The van der Waals surface area contributed by atoms with E-state index in [1.54, 1.807) is 0 Å². The third kappa shape index (κ3) is 6.25. The summed E-state index contributed by atoms with van der Waals surface area (Å²) in [6.45, 7) is 4.45. The van der Waals surface area contributed by atoms with Crippen LogP contribution in [0.1, 0.15) is 23.6 Å². The molecule has 31 heavy (non-hydrogen) atoms. The molecule has 4 heteroatoms. The van der Waals surface area contributed by atoms with Gasteiger partial charge in [0.25, 0.3) is 0 Å². The molecule has 4 rings (SSSR count). The SMILES string of the molecule is C[C@@H]1N[C@H](COCc2ccccc2)[C@@H](OCc2ccccc2)[C@@H]1OCc1ccccc1. The van der Waals surface area contributed by atoms with Gasteiger partial charge in [0.05, 0.1) is 32.5 Å². The summed E-state index contributed by atoms with van der Waals surface area (Å²) in [6.07, 6.45) is -0.135. The van der Waals surface area contributed by atoms with Crippen molar-refractivity contribution in [2.45, 2.75) is 51.0 Å². The van der Waals surface area contributed by atoms with E-state index in [0.29, 0.717) is 26.4 Å². The molecule has 1 aliphatic heterocycles. The van der Waals surface area contributed by atoms with Gasteiger partial charge in [0.1, 0.15) is 12.2 Å². The zero-order valence-corrected chi connectivity index (χ0v) is 18.0. The summed E-state index contributed by atoms with van der Waals surface area (Å²) in [4.78, 5) is 0. The van der Waals surface area contributed by atoms with Crippen LogP contribution in [0.3, 0.4) is 0 Å². The zero-order chi connectivity index (χ0) is 21.3. The molecule has 1 heterocycles. The summed E-state index contributed by atoms with van der Waals surface area (Å²) in [5, 5.41) is 3.64. The van der Waals surface area contributed by atoms with E-state index < -0.39 is 0 Å². The fourth-order valence-corrected chi connectivity index (χ4v) is 4.05. The van der Waals surface area contributed by atoms with Gasteiger partial charge < -0.3 is 19.5 Å². The van der Waals surface area contributed by atoms with Crippen molar-refractivity contribution in [1.82, 2.24) is 5.32 Å². The minimum Gasteiger partial charge on any atom is -0.375 e. The quantitative estimate of drug-likeness (QED) is 0.518. The van der Waals surface area contributed by atoms with E-state index in [4.69, 9.17) is 14.2 Å². The average Bonchev–Trinajstić information content (AvgIpc) is 3.12. The Morgan fingerprint density at radius 1 is 0.613 bits per heavy atom. The van der Waals surface area contributed by atoms with Gasteiger partial charge in [0, 0.05) is 6.04 Å². The highest BCUT2D eigenvalue weighted by Gasteiger charge is 2.42. The molecule has 1 N–H and O–H groups in total. The van der Waals surface area contributed by atoms with Gasteiger partial charge >= 0.3 is 0 Å². The van der Waals surface area contributed by atoms with Crippen molar-refractivity contribution in [2.75, 3.05) is 6.61 Å². The highest BCUT2D eigenvalue weighted by atomic mass is 16.5. The highest BCUT2D eigenvalue weighted by molar-refractivity contribution is 5.15. The summed E-state index contributed by atoms with van der Waals surface area (Å²) in [6, 6.07) is 31.1. The van der Waals surface area contributed by atoms with Crippen molar-refractivity contribution in [3.63, 3.8) is 0 Å². The predicted octanol–water partition coefficient (Wildman–Crippen LogP) is 4.73. The Hall–Kier alpha value is -2.50. The molecular formula is C27H31NO3. The number of hydrogen-bond acceptors (Lipinski definition) is 4. The van der Waals surface area contributed by atoms with Gasteiger partial charge in [-0.15, -0.1) is 0 Å². The molecule has 0 amide bonds. The van der Waals surface area contributed by atoms with Crippen LogP contribution in [0.2, 0.25) is 0 Å². The highest BCUT2D eigenvalue weighted by Crippen LogP contribution is 2.24. The Kier molecular flexibility index (Phi) is 7.86. The van der Waals surface area contributed by atoms with E-state index in [0.717, 1.165) is 5.56 Å². The van der Waals surface area contributed by atoms with Crippen molar-refractivity contribution in [1.29, 1.82) is 0 Å². The van der Waals surface area contributed by atoms with Crippen molar-refractivity contribution in [2.24, 2.45) is 0 Å². The van der Waals surface area contributed by atoms with Crippen LogP contribution in [-0.4, -0.2) is 30.9 Å². The molecule has 3 aromatic carbocycles. The van der Waals surface area contributed by atoms with Crippen molar-refractivity contribution < 1.29 is 14.2 Å². The number of hydrogen-bond donors (Lipinski definition) is 1. The second-order valence-corrected chi connectivity index (χ2v) is 8.08. The van der Waals surface area contributed by atoms with E-state index in [9.17, 15) is 0 Å². The number of benzene rings is 3. The molecule has 3 aromatic rings. The molecule has 1 aliphatic rings. The molecule has 1 fully saturated rings. The predicted molar refractivity (Wildman–Crippen MR) is 123 cm³/mol. The molecule has 1 saturated heterocycles. The molecule has 162 valence electrons. The molecule has 0 bridgehead atoms. The van der Waals surface area contributed by atoms with Gasteiger partial charge in [-0.1, -0.05) is 91.0 Å². The van der Waals surface area contributed by atoms with Crippen LogP contribution in [0.4, 0.5) is 0 Å². The topological polar surface area (TPSA) is 39.7 Å². The third-order valence-corrected chi connectivity index (χ3v) is 5.67. The first kappa shape index (κ1) is 21.7. The summed E-state index contributed by atoms with van der Waals surface area (Å²) in [5.41, 5.74) is 3.50. The first-order valence-electron chi connectivity index (χ1n) is 11.0. The molecular weight excluding hydrogens is 386 g/mol. The number of rotatable bonds is 10. The standard InChI is InChI=1S/C27H31NO3/c1-21-26(30-18-23-13-7-3-8-14-23)27(31-19-24-15-9-4-10-16-24)25(28-21)20-29-17-22-11-5-2-6-12-22/h2-16,21,25-28H,17-20H2,1H3/t21-,25+,26+,27+/m0/s1. The molecule has 0 spiro atoms. The second kappa shape index (κ2) is 11.2. The van der Waals surface area contributed by atoms with Crippen LogP contribution < -0.4 is 5.32 Å². The van der Waals surface area contributed by atoms with Gasteiger partial charge in [-0.2, -0.15) is 0 Å². The number of ether oxygens (including phenoxy) is 3. The Morgan fingerprint density at radius 3 is 1.58 bits per heavy atom. The van der Waals surface area contributed by atoms with Crippen molar-refractivity contribution in [3.05, 3.63) is 108 Å².